The highest BCUT2D eigenvalue weighted by Gasteiger charge is 2.12. The van der Waals surface area contributed by atoms with E-state index in [-0.39, 0.29) is 0 Å². The Bertz CT molecular complexity index is 651. The van der Waals surface area contributed by atoms with Gasteiger partial charge in [0.2, 0.25) is 0 Å². The lowest BCUT2D eigenvalue weighted by molar-refractivity contribution is 0.0702. The molecular formula is C15H17NO4S. The Labute approximate surface area is 127 Å². The second-order valence-corrected chi connectivity index (χ2v) is 5.67. The van der Waals surface area contributed by atoms with Crippen LogP contribution in [0.4, 0.5) is 5.69 Å². The van der Waals surface area contributed by atoms with Gasteiger partial charge in [-0.25, -0.2) is 4.79 Å². The van der Waals surface area contributed by atoms with Crippen LogP contribution in [-0.2, 0) is 6.54 Å². The second-order valence-electron chi connectivity index (χ2n) is 4.42. The average molecular weight is 307 g/mol. The van der Waals surface area contributed by atoms with Crippen LogP contribution in [0.25, 0.3) is 0 Å². The van der Waals surface area contributed by atoms with Gasteiger partial charge in [-0.3, -0.25) is 0 Å². The van der Waals surface area contributed by atoms with Crippen molar-refractivity contribution in [2.45, 2.75) is 13.5 Å². The summed E-state index contributed by atoms with van der Waals surface area (Å²) in [6, 6.07) is 7.19. The molecule has 5 nitrogen and oxygen atoms in total. The number of ether oxygens (including phenoxy) is 2. The molecule has 0 radical (unpaired) electrons. The molecule has 0 fully saturated rings. The number of anilines is 1. The van der Waals surface area contributed by atoms with E-state index >= 15 is 0 Å². The number of carboxylic acid groups (broad SMARTS) is 1. The Morgan fingerprint density at radius 3 is 2.62 bits per heavy atom. The van der Waals surface area contributed by atoms with E-state index in [0.29, 0.717) is 17.2 Å². The van der Waals surface area contributed by atoms with E-state index in [0.717, 1.165) is 21.9 Å². The summed E-state index contributed by atoms with van der Waals surface area (Å²) < 4.78 is 10.5. The van der Waals surface area contributed by atoms with Gasteiger partial charge in [-0.05, 0) is 30.7 Å². The highest BCUT2D eigenvalue weighted by molar-refractivity contribution is 7.14. The third-order valence-corrected chi connectivity index (χ3v) is 4.19. The second kappa shape index (κ2) is 6.49. The van der Waals surface area contributed by atoms with Crippen LogP contribution in [0, 0.1) is 6.92 Å². The normalized spacial score (nSPS) is 10.2. The number of carboxylic acids is 1. The van der Waals surface area contributed by atoms with Gasteiger partial charge in [-0.1, -0.05) is 0 Å². The van der Waals surface area contributed by atoms with Gasteiger partial charge in [-0.2, -0.15) is 0 Å². The fourth-order valence-corrected chi connectivity index (χ4v) is 2.82. The Balaban J connectivity index is 2.17. The van der Waals surface area contributed by atoms with E-state index < -0.39 is 5.97 Å². The summed E-state index contributed by atoms with van der Waals surface area (Å²) in [5.41, 5.74) is 1.77. The van der Waals surface area contributed by atoms with Gasteiger partial charge >= 0.3 is 5.97 Å². The van der Waals surface area contributed by atoms with Crippen LogP contribution in [0.1, 0.15) is 20.1 Å². The maximum Gasteiger partial charge on any atom is 0.345 e. The van der Waals surface area contributed by atoms with Gasteiger partial charge in [0.25, 0.3) is 0 Å². The van der Waals surface area contributed by atoms with Crippen molar-refractivity contribution in [3.63, 3.8) is 0 Å². The molecule has 21 heavy (non-hydrogen) atoms. The summed E-state index contributed by atoms with van der Waals surface area (Å²) in [6.45, 7) is 2.44. The van der Waals surface area contributed by atoms with Crippen molar-refractivity contribution in [2.24, 2.45) is 0 Å². The minimum absolute atomic E-state index is 0.349. The molecule has 2 N–H and O–H groups in total. The van der Waals surface area contributed by atoms with Crippen molar-refractivity contribution in [1.29, 1.82) is 0 Å². The molecule has 112 valence electrons. The molecule has 0 amide bonds. The van der Waals surface area contributed by atoms with E-state index in [9.17, 15) is 4.79 Å². The van der Waals surface area contributed by atoms with Crippen LogP contribution < -0.4 is 14.8 Å². The predicted molar refractivity (Wildman–Crippen MR) is 82.9 cm³/mol. The summed E-state index contributed by atoms with van der Waals surface area (Å²) >= 11 is 1.28. The smallest absolute Gasteiger partial charge is 0.345 e. The zero-order valence-corrected chi connectivity index (χ0v) is 12.9. The standard InChI is InChI=1S/C15H17NO4S/c1-9-10(6-14(21-9)15(17)18)8-16-12-7-11(19-2)4-5-13(12)20-3/h4-7,16H,8H2,1-3H3,(H,17,18). The SMILES string of the molecule is COc1ccc(OC)c(NCc2cc(C(=O)O)sc2C)c1. The van der Waals surface area contributed by atoms with Gasteiger partial charge in [0, 0.05) is 17.5 Å². The molecule has 1 heterocycles. The van der Waals surface area contributed by atoms with E-state index in [2.05, 4.69) is 5.32 Å². The minimum atomic E-state index is -0.895. The predicted octanol–water partition coefficient (Wildman–Crippen LogP) is 3.38. The molecule has 0 saturated carbocycles. The van der Waals surface area contributed by atoms with E-state index in [1.54, 1.807) is 20.3 Å². The quantitative estimate of drug-likeness (QED) is 0.856. The van der Waals surface area contributed by atoms with Gasteiger partial charge in [0.1, 0.15) is 16.4 Å². The van der Waals surface area contributed by atoms with E-state index in [1.165, 1.54) is 11.3 Å². The highest BCUT2D eigenvalue weighted by Crippen LogP contribution is 2.30. The number of aryl methyl sites for hydroxylation is 1. The van der Waals surface area contributed by atoms with Gasteiger partial charge < -0.3 is 19.9 Å². The van der Waals surface area contributed by atoms with E-state index in [1.807, 2.05) is 25.1 Å². The highest BCUT2D eigenvalue weighted by atomic mass is 32.1. The van der Waals surface area contributed by atoms with Crippen LogP contribution in [0.15, 0.2) is 24.3 Å². The molecule has 2 aromatic rings. The minimum Gasteiger partial charge on any atom is -0.497 e. The Kier molecular flexibility index (Phi) is 4.70. The van der Waals surface area contributed by atoms with Crippen molar-refractivity contribution < 1.29 is 19.4 Å². The Hall–Kier alpha value is -2.21. The largest absolute Gasteiger partial charge is 0.497 e. The lowest BCUT2D eigenvalue weighted by Crippen LogP contribution is -2.02. The molecule has 0 aliphatic heterocycles. The summed E-state index contributed by atoms with van der Waals surface area (Å²) in [5, 5.41) is 12.3. The molecule has 6 heteroatoms. The number of thiophene rings is 1. The molecule has 2 rings (SSSR count). The number of methoxy groups -OCH3 is 2. The monoisotopic (exact) mass is 307 g/mol. The lowest BCUT2D eigenvalue weighted by Gasteiger charge is -2.12. The third-order valence-electron chi connectivity index (χ3n) is 3.11. The topological polar surface area (TPSA) is 67.8 Å². The van der Waals surface area contributed by atoms with Crippen molar-refractivity contribution >= 4 is 23.0 Å². The first-order valence-electron chi connectivity index (χ1n) is 6.33. The Morgan fingerprint density at radius 2 is 2.05 bits per heavy atom. The van der Waals surface area contributed by atoms with E-state index in [4.69, 9.17) is 14.6 Å². The summed E-state index contributed by atoms with van der Waals surface area (Å²) in [4.78, 5) is 12.3. The van der Waals surface area contributed by atoms with Crippen molar-refractivity contribution in [1.82, 2.24) is 0 Å². The fraction of sp³-hybridized carbons (Fsp3) is 0.267. The molecule has 1 aromatic carbocycles. The maximum absolute atomic E-state index is 11.0. The first-order valence-corrected chi connectivity index (χ1v) is 7.15. The van der Waals surface area contributed by atoms with Crippen molar-refractivity contribution in [2.75, 3.05) is 19.5 Å². The Morgan fingerprint density at radius 1 is 1.29 bits per heavy atom. The summed E-state index contributed by atoms with van der Waals surface area (Å²) in [7, 11) is 3.21. The molecule has 1 aromatic heterocycles. The number of hydrogen-bond acceptors (Lipinski definition) is 5. The molecule has 0 aliphatic carbocycles. The number of aromatic carboxylic acids is 1. The third kappa shape index (κ3) is 3.46. The van der Waals surface area contributed by atoms with Gasteiger partial charge in [0.15, 0.2) is 0 Å². The number of carbonyl (C=O) groups is 1. The molecule has 0 saturated heterocycles. The zero-order valence-electron chi connectivity index (χ0n) is 12.1. The number of rotatable bonds is 6. The summed E-state index contributed by atoms with van der Waals surface area (Å²) in [5.74, 6) is 0.544. The number of hydrogen-bond donors (Lipinski definition) is 2. The molecule has 0 spiro atoms. The molecule has 0 aliphatic rings. The van der Waals surface area contributed by atoms with Crippen LogP contribution in [0.3, 0.4) is 0 Å². The van der Waals surface area contributed by atoms with Crippen molar-refractivity contribution in [3.05, 3.63) is 39.6 Å². The molecule has 0 bridgehead atoms. The lowest BCUT2D eigenvalue weighted by atomic mass is 10.2. The molecular weight excluding hydrogens is 290 g/mol. The first kappa shape index (κ1) is 15.2. The van der Waals surface area contributed by atoms with Crippen molar-refractivity contribution in [3.8, 4) is 11.5 Å². The number of benzene rings is 1. The fourth-order valence-electron chi connectivity index (χ4n) is 1.94. The van der Waals surface area contributed by atoms with Gasteiger partial charge in [-0.15, -0.1) is 11.3 Å². The average Bonchev–Trinajstić information content (AvgIpc) is 2.86. The molecule has 0 unspecified atom stereocenters. The number of nitrogens with one attached hydrogen (secondary N) is 1. The van der Waals surface area contributed by atoms with Gasteiger partial charge in [0.05, 0.1) is 19.9 Å². The maximum atomic E-state index is 11.0. The van der Waals surface area contributed by atoms with Crippen LogP contribution in [0.2, 0.25) is 0 Å². The van der Waals surface area contributed by atoms with Crippen LogP contribution >= 0.6 is 11.3 Å². The summed E-state index contributed by atoms with van der Waals surface area (Å²) in [6.07, 6.45) is 0. The zero-order chi connectivity index (χ0) is 15.4. The molecule has 0 atom stereocenters. The first-order chi connectivity index (χ1) is 10.0. The van der Waals surface area contributed by atoms with Crippen LogP contribution in [0.5, 0.6) is 11.5 Å². The van der Waals surface area contributed by atoms with Crippen LogP contribution in [-0.4, -0.2) is 25.3 Å².